The number of likely N-dealkylation sites (N-methyl/N-ethyl adjacent to an activating group) is 1. The molecule has 2 heterocycles. The summed E-state index contributed by atoms with van der Waals surface area (Å²) >= 11 is 0. The smallest absolute Gasteiger partial charge is 0.292 e. The molecule has 0 saturated heterocycles. The molecule has 0 fully saturated rings. The maximum Gasteiger partial charge on any atom is 0.292 e. The van der Waals surface area contributed by atoms with Crippen molar-refractivity contribution in [3.05, 3.63) is 41.4 Å². The van der Waals surface area contributed by atoms with E-state index in [2.05, 4.69) is 9.97 Å². The second-order valence-corrected chi connectivity index (χ2v) is 5.56. The van der Waals surface area contributed by atoms with Crippen molar-refractivity contribution in [1.82, 2.24) is 14.9 Å². The molecular weight excluding hydrogens is 313 g/mol. The molecule has 0 saturated carbocycles. The fourth-order valence-electron chi connectivity index (χ4n) is 2.66. The van der Waals surface area contributed by atoms with Crippen molar-refractivity contribution < 1.29 is 18.7 Å². The van der Waals surface area contributed by atoms with Gasteiger partial charge in [0.05, 0.1) is 11.0 Å². The van der Waals surface area contributed by atoms with Gasteiger partial charge in [0.25, 0.3) is 5.91 Å². The number of allylic oxidation sites excluding steroid dienone is 1. The van der Waals surface area contributed by atoms with Crippen molar-refractivity contribution in [2.75, 3.05) is 26.3 Å². The number of benzene rings is 1. The molecule has 6 nitrogen and oxygen atoms in total. The van der Waals surface area contributed by atoms with Crippen LogP contribution in [0.1, 0.15) is 19.7 Å². The second kappa shape index (κ2) is 6.90. The molecule has 1 aromatic heterocycles. The van der Waals surface area contributed by atoms with Crippen LogP contribution < -0.4 is 0 Å². The summed E-state index contributed by atoms with van der Waals surface area (Å²) in [5.41, 5.74) is 1.37. The van der Waals surface area contributed by atoms with E-state index in [0.717, 1.165) is 0 Å². The molecule has 24 heavy (non-hydrogen) atoms. The van der Waals surface area contributed by atoms with Crippen molar-refractivity contribution in [3.63, 3.8) is 0 Å². The number of nitrogens with zero attached hydrogens (tertiary/aromatic N) is 2. The Kier molecular flexibility index (Phi) is 4.69. The van der Waals surface area contributed by atoms with Gasteiger partial charge < -0.3 is 19.4 Å². The van der Waals surface area contributed by atoms with Crippen LogP contribution in [-0.4, -0.2) is 47.1 Å². The number of nitrogens with one attached hydrogen (secondary N) is 1. The lowest BCUT2D eigenvalue weighted by molar-refractivity contribution is -0.132. The molecule has 1 aromatic carbocycles. The number of hydrogen-bond donors (Lipinski definition) is 1. The van der Waals surface area contributed by atoms with Crippen LogP contribution in [0.4, 0.5) is 4.39 Å². The van der Waals surface area contributed by atoms with Gasteiger partial charge in [-0.2, -0.15) is 0 Å². The molecule has 2 aromatic rings. The lowest BCUT2D eigenvalue weighted by Crippen LogP contribution is -2.36. The van der Waals surface area contributed by atoms with Crippen LogP contribution >= 0.6 is 0 Å². The summed E-state index contributed by atoms with van der Waals surface area (Å²) in [6, 6.07) is 4.43. The highest BCUT2D eigenvalue weighted by Crippen LogP contribution is 2.17. The summed E-state index contributed by atoms with van der Waals surface area (Å²) in [5, 5.41) is 0. The third kappa shape index (κ3) is 3.34. The van der Waals surface area contributed by atoms with E-state index >= 15 is 0 Å². The number of imidazole rings is 1. The third-order valence-corrected chi connectivity index (χ3v) is 3.94. The zero-order valence-corrected chi connectivity index (χ0v) is 13.8. The van der Waals surface area contributed by atoms with Gasteiger partial charge in [-0.15, -0.1) is 0 Å². The fourth-order valence-corrected chi connectivity index (χ4v) is 2.66. The predicted molar refractivity (Wildman–Crippen MR) is 86.6 cm³/mol. The first-order chi connectivity index (χ1) is 11.6. The standard InChI is InChI=1S/C17H20FN3O3/c1-3-21(17(22)16-11(2)23-8-9-24-16)7-6-15-19-13-5-4-12(18)10-14(13)20-15/h4-5,10H,3,6-9H2,1-2H3,(H,19,20). The van der Waals surface area contributed by atoms with E-state index in [-0.39, 0.29) is 17.5 Å². The van der Waals surface area contributed by atoms with Crippen molar-refractivity contribution >= 4 is 16.9 Å². The summed E-state index contributed by atoms with van der Waals surface area (Å²) in [6.45, 7) is 5.51. The molecule has 1 aliphatic heterocycles. The van der Waals surface area contributed by atoms with E-state index < -0.39 is 0 Å². The second-order valence-electron chi connectivity index (χ2n) is 5.56. The maximum absolute atomic E-state index is 13.2. The third-order valence-electron chi connectivity index (χ3n) is 3.94. The number of halogens is 1. The highest BCUT2D eigenvalue weighted by atomic mass is 19.1. The van der Waals surface area contributed by atoms with E-state index in [1.165, 1.54) is 12.1 Å². The zero-order valence-electron chi connectivity index (χ0n) is 13.8. The first-order valence-corrected chi connectivity index (χ1v) is 7.98. The number of hydrogen-bond acceptors (Lipinski definition) is 4. The van der Waals surface area contributed by atoms with Crippen LogP contribution in [0.15, 0.2) is 29.7 Å². The summed E-state index contributed by atoms with van der Waals surface area (Å²) in [6.07, 6.45) is 0.545. The number of rotatable bonds is 5. The SMILES string of the molecule is CCN(CCc1nc2ccc(F)cc2[nH]1)C(=O)C1=C(C)OCCO1. The molecule has 0 atom stereocenters. The van der Waals surface area contributed by atoms with E-state index in [4.69, 9.17) is 9.47 Å². The van der Waals surface area contributed by atoms with Crippen LogP contribution in [0.3, 0.4) is 0 Å². The van der Waals surface area contributed by atoms with E-state index in [0.29, 0.717) is 55.3 Å². The van der Waals surface area contributed by atoms with Crippen molar-refractivity contribution in [3.8, 4) is 0 Å². The number of amides is 1. The van der Waals surface area contributed by atoms with Gasteiger partial charge in [0, 0.05) is 19.5 Å². The molecule has 0 aliphatic carbocycles. The first-order valence-electron chi connectivity index (χ1n) is 7.98. The minimum absolute atomic E-state index is 0.183. The molecule has 1 N–H and O–H groups in total. The summed E-state index contributed by atoms with van der Waals surface area (Å²) in [4.78, 5) is 21.7. The molecule has 1 aliphatic rings. The average Bonchev–Trinajstić information content (AvgIpc) is 2.97. The zero-order chi connectivity index (χ0) is 17.1. The van der Waals surface area contributed by atoms with Gasteiger partial charge in [-0.05, 0) is 32.0 Å². The number of carbonyl (C=O) groups excluding carboxylic acids is 1. The van der Waals surface area contributed by atoms with E-state index in [1.807, 2.05) is 6.92 Å². The van der Waals surface area contributed by atoms with Gasteiger partial charge in [-0.3, -0.25) is 4.79 Å². The normalized spacial score (nSPS) is 14.5. The molecule has 0 radical (unpaired) electrons. The molecule has 7 heteroatoms. The van der Waals surface area contributed by atoms with Crippen LogP contribution in [0.2, 0.25) is 0 Å². The molecule has 0 bridgehead atoms. The Bertz CT molecular complexity index is 784. The maximum atomic E-state index is 13.2. The Balaban J connectivity index is 1.69. The number of carbonyl (C=O) groups is 1. The Labute approximate surface area is 139 Å². The van der Waals surface area contributed by atoms with Gasteiger partial charge in [-0.25, -0.2) is 9.37 Å². The largest absolute Gasteiger partial charge is 0.491 e. The Hall–Kier alpha value is -2.57. The van der Waals surface area contributed by atoms with Crippen molar-refractivity contribution in [2.45, 2.75) is 20.3 Å². The lowest BCUT2D eigenvalue weighted by Gasteiger charge is -2.25. The summed E-state index contributed by atoms with van der Waals surface area (Å²) < 4.78 is 24.1. The quantitative estimate of drug-likeness (QED) is 0.912. The summed E-state index contributed by atoms with van der Waals surface area (Å²) in [5.74, 6) is 1.02. The molecule has 128 valence electrons. The fraction of sp³-hybridized carbons (Fsp3) is 0.412. The Morgan fingerprint density at radius 2 is 2.17 bits per heavy atom. The number of H-pyrrole nitrogens is 1. The van der Waals surface area contributed by atoms with Crippen molar-refractivity contribution in [2.24, 2.45) is 0 Å². The molecule has 3 rings (SSSR count). The van der Waals surface area contributed by atoms with Gasteiger partial charge >= 0.3 is 0 Å². The van der Waals surface area contributed by atoms with Crippen LogP contribution in [0.25, 0.3) is 11.0 Å². The Morgan fingerprint density at radius 3 is 2.92 bits per heavy atom. The number of aromatic amines is 1. The monoisotopic (exact) mass is 333 g/mol. The Morgan fingerprint density at radius 1 is 1.38 bits per heavy atom. The minimum atomic E-state index is -0.306. The van der Waals surface area contributed by atoms with E-state index in [9.17, 15) is 9.18 Å². The van der Waals surface area contributed by atoms with Gasteiger partial charge in [-0.1, -0.05) is 0 Å². The lowest BCUT2D eigenvalue weighted by atomic mass is 10.3. The predicted octanol–water partition coefficient (Wildman–Crippen LogP) is 2.37. The first kappa shape index (κ1) is 16.3. The average molecular weight is 333 g/mol. The highest BCUT2D eigenvalue weighted by molar-refractivity contribution is 5.92. The van der Waals surface area contributed by atoms with Crippen molar-refractivity contribution in [1.29, 1.82) is 0 Å². The van der Waals surface area contributed by atoms with Gasteiger partial charge in [0.1, 0.15) is 30.6 Å². The van der Waals surface area contributed by atoms with Crippen LogP contribution in [0.5, 0.6) is 0 Å². The molecular formula is C17H20FN3O3. The van der Waals surface area contributed by atoms with Crippen LogP contribution in [-0.2, 0) is 20.7 Å². The van der Waals surface area contributed by atoms with Crippen LogP contribution in [0, 0.1) is 5.82 Å². The molecule has 0 unspecified atom stereocenters. The van der Waals surface area contributed by atoms with Gasteiger partial charge in [0.15, 0.2) is 0 Å². The summed E-state index contributed by atoms with van der Waals surface area (Å²) in [7, 11) is 0. The molecule has 1 amide bonds. The highest BCUT2D eigenvalue weighted by Gasteiger charge is 2.24. The molecule has 0 spiro atoms. The number of ether oxygens (including phenoxy) is 2. The number of aromatic nitrogens is 2. The number of fused-ring (bicyclic) bond motifs is 1. The van der Waals surface area contributed by atoms with Gasteiger partial charge in [0.2, 0.25) is 5.76 Å². The van der Waals surface area contributed by atoms with E-state index in [1.54, 1.807) is 17.9 Å². The minimum Gasteiger partial charge on any atom is -0.491 e. The topological polar surface area (TPSA) is 67.5 Å².